The molecule has 28 heavy (non-hydrogen) atoms. The quantitative estimate of drug-likeness (QED) is 0.630. The highest BCUT2D eigenvalue weighted by Crippen LogP contribution is 2.40. The Balaban J connectivity index is 2.37. The van der Waals surface area contributed by atoms with Crippen LogP contribution in [0.25, 0.3) is 16.9 Å². The van der Waals surface area contributed by atoms with Gasteiger partial charge < -0.3 is 15.9 Å². The van der Waals surface area contributed by atoms with Gasteiger partial charge >= 0.3 is 6.18 Å². The van der Waals surface area contributed by atoms with Crippen molar-refractivity contribution >= 4 is 11.5 Å². The Hall–Kier alpha value is -2.65. The van der Waals surface area contributed by atoms with Gasteiger partial charge in [-0.05, 0) is 44.8 Å². The smallest absolute Gasteiger partial charge is 0.384 e. The van der Waals surface area contributed by atoms with Gasteiger partial charge in [-0.25, -0.2) is 9.97 Å². The molecule has 6 nitrogen and oxygen atoms in total. The fourth-order valence-corrected chi connectivity index (χ4v) is 2.73. The summed E-state index contributed by atoms with van der Waals surface area (Å²) < 4.78 is 64.9. The lowest BCUT2D eigenvalue weighted by atomic mass is 9.91. The molecule has 2 heterocycles. The SMILES string of the molecule is [2H]C([2H])([2H])c1ccc(C(C)(O)C(F)(F)F)cc1-c1cnc2c(N)nc(C(C)(C)O)cn12. The largest absolute Gasteiger partial charge is 0.421 e. The van der Waals surface area contributed by atoms with Crippen molar-refractivity contribution in [3.05, 3.63) is 47.4 Å². The molecule has 0 amide bonds. The Morgan fingerprint density at radius 2 is 1.86 bits per heavy atom. The fourth-order valence-electron chi connectivity index (χ4n) is 2.73. The van der Waals surface area contributed by atoms with Gasteiger partial charge in [0.05, 0.1) is 17.6 Å². The summed E-state index contributed by atoms with van der Waals surface area (Å²) in [6.45, 7) is 0.849. The molecular formula is C19H21F3N4O2. The second kappa shape index (κ2) is 6.18. The van der Waals surface area contributed by atoms with Crippen LogP contribution in [0.5, 0.6) is 0 Å². The number of hydrogen-bond acceptors (Lipinski definition) is 5. The van der Waals surface area contributed by atoms with E-state index in [9.17, 15) is 23.4 Å². The van der Waals surface area contributed by atoms with Crippen molar-refractivity contribution in [3.63, 3.8) is 0 Å². The monoisotopic (exact) mass is 397 g/mol. The number of halogens is 3. The van der Waals surface area contributed by atoms with E-state index in [1.807, 2.05) is 0 Å². The summed E-state index contributed by atoms with van der Waals surface area (Å²) in [4.78, 5) is 8.19. The van der Waals surface area contributed by atoms with Crippen LogP contribution in [0.3, 0.4) is 0 Å². The van der Waals surface area contributed by atoms with Gasteiger partial charge in [-0.1, -0.05) is 12.1 Å². The van der Waals surface area contributed by atoms with Gasteiger partial charge in [-0.3, -0.25) is 4.40 Å². The maximum Gasteiger partial charge on any atom is 0.421 e. The van der Waals surface area contributed by atoms with Crippen LogP contribution >= 0.6 is 0 Å². The minimum absolute atomic E-state index is 0.0558. The van der Waals surface area contributed by atoms with Gasteiger partial charge in [0.25, 0.3) is 0 Å². The molecule has 1 unspecified atom stereocenters. The van der Waals surface area contributed by atoms with Gasteiger partial charge in [0, 0.05) is 15.9 Å². The highest BCUT2D eigenvalue weighted by molar-refractivity contribution is 5.72. The number of nitrogens with two attached hydrogens (primary N) is 1. The topological polar surface area (TPSA) is 96.7 Å². The van der Waals surface area contributed by atoms with Gasteiger partial charge in [-0.15, -0.1) is 0 Å². The fraction of sp³-hybridized carbons (Fsp3) is 0.368. The minimum Gasteiger partial charge on any atom is -0.384 e. The van der Waals surface area contributed by atoms with Crippen LogP contribution < -0.4 is 5.73 Å². The van der Waals surface area contributed by atoms with Gasteiger partial charge in [-0.2, -0.15) is 13.2 Å². The van der Waals surface area contributed by atoms with E-state index in [0.29, 0.717) is 6.92 Å². The average molecular weight is 397 g/mol. The number of hydrogen-bond donors (Lipinski definition) is 3. The molecular weight excluding hydrogens is 373 g/mol. The molecule has 0 saturated heterocycles. The Bertz CT molecular complexity index is 1150. The molecule has 3 aromatic rings. The molecule has 0 aliphatic rings. The first kappa shape index (κ1) is 16.3. The maximum atomic E-state index is 13.4. The van der Waals surface area contributed by atoms with Gasteiger partial charge in [0.1, 0.15) is 5.60 Å². The van der Waals surface area contributed by atoms with E-state index in [-0.39, 0.29) is 34.0 Å². The number of nitrogen functional groups attached to an aromatic ring is 1. The zero-order chi connectivity index (χ0) is 23.6. The number of fused-ring (bicyclic) bond motifs is 1. The second-order valence-electron chi connectivity index (χ2n) is 7.24. The molecule has 0 fully saturated rings. The third-order valence-electron chi connectivity index (χ3n) is 4.55. The molecule has 4 N–H and O–H groups in total. The molecule has 9 heteroatoms. The standard InChI is InChI=1S/C19H21F3N4O2/c1-10-5-6-11(18(4,28)19(20,21)22)7-12(10)13-8-24-16-15(23)25-14(9-26(13)16)17(2,3)27/h5-9,27-28H,1-4H3,(H2,23,25)/i1D3. The number of benzene rings is 1. The molecule has 0 spiro atoms. The first-order valence-corrected chi connectivity index (χ1v) is 8.25. The van der Waals surface area contributed by atoms with Crippen LogP contribution in [0.2, 0.25) is 0 Å². The van der Waals surface area contributed by atoms with E-state index in [1.165, 1.54) is 30.6 Å². The summed E-state index contributed by atoms with van der Waals surface area (Å²) in [6, 6.07) is 2.93. The molecule has 150 valence electrons. The molecule has 0 aliphatic heterocycles. The number of alkyl halides is 3. The lowest BCUT2D eigenvalue weighted by molar-refractivity contribution is -0.258. The molecule has 0 aliphatic carbocycles. The van der Waals surface area contributed by atoms with Crippen molar-refractivity contribution in [2.45, 2.75) is 45.0 Å². The van der Waals surface area contributed by atoms with Crippen LogP contribution in [-0.2, 0) is 11.2 Å². The van der Waals surface area contributed by atoms with E-state index in [0.717, 1.165) is 18.2 Å². The number of aliphatic hydroxyl groups is 2. The number of aromatic nitrogens is 3. The summed E-state index contributed by atoms with van der Waals surface area (Å²) in [7, 11) is 0. The number of anilines is 1. The molecule has 1 aromatic carbocycles. The van der Waals surface area contributed by atoms with Crippen LogP contribution in [0.1, 0.15) is 41.7 Å². The van der Waals surface area contributed by atoms with Crippen LogP contribution in [0, 0.1) is 6.85 Å². The van der Waals surface area contributed by atoms with Crippen molar-refractivity contribution < 1.29 is 27.5 Å². The first-order valence-electron chi connectivity index (χ1n) is 9.75. The lowest BCUT2D eigenvalue weighted by Crippen LogP contribution is -2.39. The van der Waals surface area contributed by atoms with E-state index >= 15 is 0 Å². The highest BCUT2D eigenvalue weighted by Gasteiger charge is 2.51. The van der Waals surface area contributed by atoms with Crippen LogP contribution in [0.15, 0.2) is 30.6 Å². The predicted molar refractivity (Wildman–Crippen MR) is 98.4 cm³/mol. The summed E-state index contributed by atoms with van der Waals surface area (Å²) >= 11 is 0. The van der Waals surface area contributed by atoms with Crippen LogP contribution in [-0.4, -0.2) is 30.8 Å². The average Bonchev–Trinajstić information content (AvgIpc) is 3.03. The summed E-state index contributed by atoms with van der Waals surface area (Å²) in [5.41, 5.74) is 0.815. The third-order valence-corrected chi connectivity index (χ3v) is 4.55. The minimum atomic E-state index is -4.99. The normalized spacial score (nSPS) is 17.1. The summed E-state index contributed by atoms with van der Waals surface area (Å²) in [6.07, 6.45) is -2.36. The van der Waals surface area contributed by atoms with Crippen molar-refractivity contribution in [1.29, 1.82) is 0 Å². The van der Waals surface area contributed by atoms with E-state index < -0.39 is 29.8 Å². The Labute approximate surface area is 163 Å². The Kier molecular flexibility index (Phi) is 3.60. The zero-order valence-corrected chi connectivity index (χ0v) is 15.3. The van der Waals surface area contributed by atoms with Crippen molar-refractivity contribution in [1.82, 2.24) is 14.4 Å². The maximum absolute atomic E-state index is 13.4. The highest BCUT2D eigenvalue weighted by atomic mass is 19.4. The Morgan fingerprint density at radius 1 is 1.18 bits per heavy atom. The second-order valence-corrected chi connectivity index (χ2v) is 7.24. The molecule has 0 bridgehead atoms. The van der Waals surface area contributed by atoms with Gasteiger partial charge in [0.2, 0.25) is 0 Å². The Morgan fingerprint density at radius 3 is 2.43 bits per heavy atom. The molecule has 1 atom stereocenters. The molecule has 0 saturated carbocycles. The van der Waals surface area contributed by atoms with Crippen molar-refractivity contribution in [2.75, 3.05) is 5.73 Å². The van der Waals surface area contributed by atoms with Gasteiger partial charge in [0.15, 0.2) is 17.1 Å². The lowest BCUT2D eigenvalue weighted by Gasteiger charge is -2.27. The summed E-state index contributed by atoms with van der Waals surface area (Å²) in [5, 5.41) is 20.4. The first-order chi connectivity index (χ1) is 13.9. The molecule has 0 radical (unpaired) electrons. The zero-order valence-electron chi connectivity index (χ0n) is 18.3. The third kappa shape index (κ3) is 3.20. The number of aryl methyl sites for hydroxylation is 1. The van der Waals surface area contributed by atoms with Crippen molar-refractivity contribution in [2.24, 2.45) is 0 Å². The number of rotatable bonds is 3. The predicted octanol–water partition coefficient (Wildman–Crippen LogP) is 3.28. The number of nitrogens with zero attached hydrogens (tertiary/aromatic N) is 3. The van der Waals surface area contributed by atoms with Crippen LogP contribution in [0.4, 0.5) is 19.0 Å². The summed E-state index contributed by atoms with van der Waals surface area (Å²) in [5.74, 6) is -0.0558. The molecule has 2 aromatic heterocycles. The van der Waals surface area contributed by atoms with E-state index in [4.69, 9.17) is 9.85 Å². The van der Waals surface area contributed by atoms with Crippen molar-refractivity contribution in [3.8, 4) is 11.3 Å². The number of imidazole rings is 1. The van der Waals surface area contributed by atoms with E-state index in [1.54, 1.807) is 0 Å². The molecule has 3 rings (SSSR count). The van der Waals surface area contributed by atoms with E-state index in [2.05, 4.69) is 9.97 Å².